The van der Waals surface area contributed by atoms with Crippen LogP contribution in [0.25, 0.3) is 4.96 Å². The second-order valence-electron chi connectivity index (χ2n) is 5.78. The monoisotopic (exact) mass is 396 g/mol. The van der Waals surface area contributed by atoms with E-state index in [4.69, 9.17) is 0 Å². The number of nitrogens with one attached hydrogen (secondary N) is 2. The molecular formula is C17H15F3N4O2S. The fraction of sp³-hybridized carbons (Fsp3) is 0.235. The Morgan fingerprint density at radius 1 is 1.30 bits per heavy atom. The summed E-state index contributed by atoms with van der Waals surface area (Å²) in [7, 11) is 0. The maximum absolute atomic E-state index is 12.3. The third-order valence-electron chi connectivity index (χ3n) is 3.71. The Balaban J connectivity index is 1.77. The normalized spacial score (nSPS) is 11.6. The van der Waals surface area contributed by atoms with Gasteiger partial charge in [0.2, 0.25) is 0 Å². The van der Waals surface area contributed by atoms with Crippen LogP contribution in [0.3, 0.4) is 0 Å². The molecule has 0 atom stereocenters. The average molecular weight is 396 g/mol. The van der Waals surface area contributed by atoms with E-state index in [0.717, 1.165) is 5.69 Å². The van der Waals surface area contributed by atoms with Gasteiger partial charge in [0.25, 0.3) is 11.5 Å². The summed E-state index contributed by atoms with van der Waals surface area (Å²) in [5, 5.41) is 6.62. The molecule has 0 unspecified atom stereocenters. The van der Waals surface area contributed by atoms with Crippen molar-refractivity contribution in [2.75, 3.05) is 11.9 Å². The van der Waals surface area contributed by atoms with Crippen LogP contribution in [0.15, 0.2) is 40.5 Å². The summed E-state index contributed by atoms with van der Waals surface area (Å²) in [6.07, 6.45) is -4.49. The molecule has 0 aliphatic carbocycles. The minimum atomic E-state index is -4.49. The van der Waals surface area contributed by atoms with Gasteiger partial charge in [0.05, 0.1) is 17.8 Å². The third-order valence-corrected chi connectivity index (χ3v) is 4.65. The minimum absolute atomic E-state index is 0.0755. The number of thiazole rings is 1. The van der Waals surface area contributed by atoms with Crippen LogP contribution in [-0.4, -0.2) is 28.0 Å². The van der Waals surface area contributed by atoms with Crippen molar-refractivity contribution >= 4 is 27.9 Å². The van der Waals surface area contributed by atoms with Crippen LogP contribution in [0.4, 0.5) is 18.9 Å². The number of aryl methyl sites for hydroxylation is 1. The fourth-order valence-electron chi connectivity index (χ4n) is 2.49. The zero-order valence-electron chi connectivity index (χ0n) is 14.1. The highest BCUT2D eigenvalue weighted by atomic mass is 32.1. The van der Waals surface area contributed by atoms with Gasteiger partial charge in [-0.2, -0.15) is 13.2 Å². The summed E-state index contributed by atoms with van der Waals surface area (Å²) < 4.78 is 38.4. The number of alkyl halides is 3. The number of rotatable bonds is 5. The molecule has 0 saturated heterocycles. The lowest BCUT2D eigenvalue weighted by Gasteiger charge is -2.13. The zero-order chi connectivity index (χ0) is 19.6. The van der Waals surface area contributed by atoms with Crippen molar-refractivity contribution < 1.29 is 18.0 Å². The van der Waals surface area contributed by atoms with Crippen molar-refractivity contribution in [3.8, 4) is 0 Å². The lowest BCUT2D eigenvalue weighted by molar-refractivity contribution is -0.123. The quantitative estimate of drug-likeness (QED) is 0.695. The van der Waals surface area contributed by atoms with Crippen molar-refractivity contribution in [2.24, 2.45) is 0 Å². The summed E-state index contributed by atoms with van der Waals surface area (Å²) in [6, 6.07) is 7.58. The largest absolute Gasteiger partial charge is 0.405 e. The van der Waals surface area contributed by atoms with Crippen LogP contribution in [0.1, 0.15) is 21.7 Å². The molecule has 0 aliphatic rings. The molecule has 0 spiro atoms. The van der Waals surface area contributed by atoms with E-state index in [1.54, 1.807) is 25.1 Å². The van der Waals surface area contributed by atoms with E-state index in [0.29, 0.717) is 16.3 Å². The Hall–Kier alpha value is -2.88. The first kappa shape index (κ1) is 18.9. The summed E-state index contributed by atoms with van der Waals surface area (Å²) >= 11 is 1.33. The molecule has 6 nitrogen and oxygen atoms in total. The number of para-hydroxylation sites is 1. The molecule has 0 fully saturated rings. The highest BCUT2D eigenvalue weighted by molar-refractivity contribution is 7.15. The first-order valence-electron chi connectivity index (χ1n) is 7.89. The molecule has 2 heterocycles. The lowest BCUT2D eigenvalue weighted by atomic mass is 10.1. The third kappa shape index (κ3) is 4.45. The first-order chi connectivity index (χ1) is 12.7. The first-order valence-corrected chi connectivity index (χ1v) is 8.77. The van der Waals surface area contributed by atoms with Gasteiger partial charge in [0.1, 0.15) is 6.54 Å². The zero-order valence-corrected chi connectivity index (χ0v) is 14.9. The van der Waals surface area contributed by atoms with E-state index < -0.39 is 18.6 Å². The maximum Gasteiger partial charge on any atom is 0.405 e. The fourth-order valence-corrected chi connectivity index (χ4v) is 3.38. The molecular weight excluding hydrogens is 381 g/mol. The Kier molecular flexibility index (Phi) is 5.17. The molecule has 3 rings (SSSR count). The molecule has 10 heteroatoms. The smallest absolute Gasteiger partial charge is 0.379 e. The van der Waals surface area contributed by atoms with Crippen molar-refractivity contribution in [3.05, 3.63) is 63.0 Å². The van der Waals surface area contributed by atoms with Crippen molar-refractivity contribution in [3.63, 3.8) is 0 Å². The summed E-state index contributed by atoms with van der Waals surface area (Å²) in [5.74, 6) is -0.840. The van der Waals surface area contributed by atoms with E-state index in [9.17, 15) is 22.8 Å². The number of carbonyl (C=O) groups is 1. The van der Waals surface area contributed by atoms with E-state index >= 15 is 0 Å². The van der Waals surface area contributed by atoms with Gasteiger partial charge in [-0.05, 0) is 19.1 Å². The second kappa shape index (κ2) is 7.39. The van der Waals surface area contributed by atoms with Crippen molar-refractivity contribution in [1.82, 2.24) is 14.7 Å². The molecule has 2 aromatic heterocycles. The van der Waals surface area contributed by atoms with Crippen molar-refractivity contribution in [1.29, 1.82) is 0 Å². The molecule has 1 aromatic carbocycles. The Labute approximate surface area is 155 Å². The number of benzene rings is 1. The van der Waals surface area contributed by atoms with E-state index in [1.165, 1.54) is 27.9 Å². The van der Waals surface area contributed by atoms with Crippen LogP contribution >= 0.6 is 11.3 Å². The van der Waals surface area contributed by atoms with Crippen LogP contribution in [0.5, 0.6) is 0 Å². The maximum atomic E-state index is 12.3. The van der Waals surface area contributed by atoms with Crippen LogP contribution < -0.4 is 16.2 Å². The number of amides is 1. The number of hydrogen-bond donors (Lipinski definition) is 2. The summed E-state index contributed by atoms with van der Waals surface area (Å²) in [6.45, 7) is 0.541. The van der Waals surface area contributed by atoms with E-state index in [1.807, 2.05) is 10.7 Å². The van der Waals surface area contributed by atoms with Crippen molar-refractivity contribution in [2.45, 2.75) is 19.6 Å². The molecule has 3 aromatic rings. The standard InChI is InChI=1S/C17H15F3N4O2S/c1-10-8-27-16-23-11(6-14(25)24(10)16)7-21-13-5-3-2-4-12(13)15(26)22-9-17(18,19)20/h2-6,8,21H,7,9H2,1H3,(H,22,26). The Morgan fingerprint density at radius 3 is 2.78 bits per heavy atom. The Morgan fingerprint density at radius 2 is 2.04 bits per heavy atom. The van der Waals surface area contributed by atoms with Crippen LogP contribution in [0.2, 0.25) is 0 Å². The van der Waals surface area contributed by atoms with Gasteiger partial charge in [0.15, 0.2) is 4.96 Å². The number of anilines is 1. The van der Waals surface area contributed by atoms with Gasteiger partial charge >= 0.3 is 6.18 Å². The molecule has 0 aliphatic heterocycles. The van der Waals surface area contributed by atoms with Gasteiger partial charge in [0, 0.05) is 22.8 Å². The van der Waals surface area contributed by atoms with Crippen LogP contribution in [-0.2, 0) is 6.54 Å². The molecule has 0 radical (unpaired) electrons. The van der Waals surface area contributed by atoms with Gasteiger partial charge in [-0.1, -0.05) is 12.1 Å². The van der Waals surface area contributed by atoms with E-state index in [2.05, 4.69) is 10.3 Å². The number of halogens is 3. The number of fused-ring (bicyclic) bond motifs is 1. The molecule has 0 saturated carbocycles. The number of hydrogen-bond acceptors (Lipinski definition) is 5. The SMILES string of the molecule is Cc1csc2nc(CNc3ccccc3C(=O)NCC(F)(F)F)cc(=O)n12. The minimum Gasteiger partial charge on any atom is -0.379 e. The van der Waals surface area contributed by atoms with Crippen LogP contribution in [0, 0.1) is 6.92 Å². The molecule has 27 heavy (non-hydrogen) atoms. The number of carbonyl (C=O) groups excluding carboxylic acids is 1. The lowest BCUT2D eigenvalue weighted by Crippen LogP contribution is -2.34. The summed E-state index contributed by atoms with van der Waals surface area (Å²) in [5.41, 5.74) is 1.46. The van der Waals surface area contributed by atoms with Gasteiger partial charge in [-0.25, -0.2) is 4.98 Å². The average Bonchev–Trinajstić information content (AvgIpc) is 2.99. The molecule has 0 bridgehead atoms. The second-order valence-corrected chi connectivity index (χ2v) is 6.61. The molecule has 142 valence electrons. The number of nitrogens with zero attached hydrogens (tertiary/aromatic N) is 2. The predicted octanol–water partition coefficient (Wildman–Crippen LogP) is 2.97. The molecule has 2 N–H and O–H groups in total. The summed E-state index contributed by atoms with van der Waals surface area (Å²) in [4.78, 5) is 29.1. The van der Waals surface area contributed by atoms with Gasteiger partial charge in [-0.3, -0.25) is 14.0 Å². The highest BCUT2D eigenvalue weighted by Gasteiger charge is 2.28. The highest BCUT2D eigenvalue weighted by Crippen LogP contribution is 2.18. The Bertz CT molecular complexity index is 1040. The van der Waals surface area contributed by atoms with Gasteiger partial charge < -0.3 is 10.6 Å². The molecule has 1 amide bonds. The number of aromatic nitrogens is 2. The van der Waals surface area contributed by atoms with E-state index in [-0.39, 0.29) is 17.7 Å². The predicted molar refractivity (Wildman–Crippen MR) is 96.2 cm³/mol. The van der Waals surface area contributed by atoms with Gasteiger partial charge in [-0.15, -0.1) is 11.3 Å². The topological polar surface area (TPSA) is 75.5 Å².